The summed E-state index contributed by atoms with van der Waals surface area (Å²) in [5, 5.41) is 13.0. The Morgan fingerprint density at radius 2 is 1.35 bits per heavy atom. The van der Waals surface area contributed by atoms with E-state index in [4.69, 9.17) is 4.42 Å². The summed E-state index contributed by atoms with van der Waals surface area (Å²) < 4.78 is 44.0. The molecule has 2 amide bonds. The van der Waals surface area contributed by atoms with E-state index in [1.165, 1.54) is 12.1 Å². The number of anilines is 2. The molecule has 9 heteroatoms. The summed E-state index contributed by atoms with van der Waals surface area (Å²) in [7, 11) is 0. The summed E-state index contributed by atoms with van der Waals surface area (Å²) in [4.78, 5) is 12.1. The van der Waals surface area contributed by atoms with Gasteiger partial charge >= 0.3 is 12.2 Å². The lowest BCUT2D eigenvalue weighted by atomic mass is 10.2. The number of nitrogens with one attached hydrogen (secondary N) is 2. The van der Waals surface area contributed by atoms with E-state index in [0.717, 1.165) is 17.7 Å². The Morgan fingerprint density at radius 1 is 0.742 bits per heavy atom. The van der Waals surface area contributed by atoms with Crippen LogP contribution in [0.5, 0.6) is 0 Å². The fraction of sp³-hybridized carbons (Fsp3) is 0.0455. The average molecular weight is 424 g/mol. The molecule has 0 aliphatic heterocycles. The van der Waals surface area contributed by atoms with Gasteiger partial charge in [0, 0.05) is 22.5 Å². The minimum absolute atomic E-state index is 0.0308. The fourth-order valence-corrected chi connectivity index (χ4v) is 2.80. The Morgan fingerprint density at radius 3 is 2.00 bits per heavy atom. The monoisotopic (exact) mass is 424 g/mol. The predicted molar refractivity (Wildman–Crippen MR) is 109 cm³/mol. The van der Waals surface area contributed by atoms with Gasteiger partial charge < -0.3 is 15.1 Å². The van der Waals surface area contributed by atoms with Crippen LogP contribution in [0.4, 0.5) is 29.3 Å². The topological polar surface area (TPSA) is 80.1 Å². The summed E-state index contributed by atoms with van der Waals surface area (Å²) in [6.07, 6.45) is -4.49. The lowest BCUT2D eigenvalue weighted by molar-refractivity contribution is -0.137. The first kappa shape index (κ1) is 20.1. The highest BCUT2D eigenvalue weighted by Crippen LogP contribution is 2.30. The zero-order valence-corrected chi connectivity index (χ0v) is 15.9. The van der Waals surface area contributed by atoms with Crippen LogP contribution in [0, 0.1) is 0 Å². The summed E-state index contributed by atoms with van der Waals surface area (Å²) in [5.74, 6) is 0.706. The van der Waals surface area contributed by atoms with Gasteiger partial charge in [-0.25, -0.2) is 4.79 Å². The Kier molecular flexibility index (Phi) is 5.40. The van der Waals surface area contributed by atoms with E-state index < -0.39 is 17.8 Å². The number of hydrogen-bond acceptors (Lipinski definition) is 4. The first-order chi connectivity index (χ1) is 14.9. The number of aromatic nitrogens is 2. The molecule has 4 rings (SSSR count). The van der Waals surface area contributed by atoms with Gasteiger partial charge in [-0.1, -0.05) is 24.3 Å². The highest BCUT2D eigenvalue weighted by atomic mass is 19.4. The number of halogens is 3. The molecular weight excluding hydrogens is 409 g/mol. The molecule has 3 aromatic carbocycles. The maximum Gasteiger partial charge on any atom is 0.416 e. The zero-order valence-electron chi connectivity index (χ0n) is 15.9. The third kappa shape index (κ3) is 4.89. The van der Waals surface area contributed by atoms with E-state index >= 15 is 0 Å². The van der Waals surface area contributed by atoms with Gasteiger partial charge in [0.25, 0.3) is 0 Å². The minimum Gasteiger partial charge on any atom is -0.416 e. The number of rotatable bonds is 4. The quantitative estimate of drug-likeness (QED) is 0.417. The van der Waals surface area contributed by atoms with Gasteiger partial charge in [-0.2, -0.15) is 13.2 Å². The molecule has 0 radical (unpaired) electrons. The molecule has 0 unspecified atom stereocenters. The number of hydrogen-bond donors (Lipinski definition) is 2. The van der Waals surface area contributed by atoms with Crippen molar-refractivity contribution in [3.05, 3.63) is 84.4 Å². The van der Waals surface area contributed by atoms with Crippen LogP contribution >= 0.6 is 0 Å². The molecule has 0 aliphatic carbocycles. The van der Waals surface area contributed by atoms with Crippen molar-refractivity contribution >= 4 is 17.4 Å². The lowest BCUT2D eigenvalue weighted by Crippen LogP contribution is -2.19. The molecular formula is C22H15F3N4O2. The smallest absolute Gasteiger partial charge is 0.416 e. The molecule has 1 heterocycles. The number of carbonyl (C=O) groups excluding carboxylic acids is 1. The van der Waals surface area contributed by atoms with Crippen molar-refractivity contribution in [3.63, 3.8) is 0 Å². The van der Waals surface area contributed by atoms with Crippen LogP contribution in [0.15, 0.2) is 83.3 Å². The second-order valence-electron chi connectivity index (χ2n) is 6.51. The number of amides is 2. The molecule has 156 valence electrons. The fourth-order valence-electron chi connectivity index (χ4n) is 2.80. The first-order valence-electron chi connectivity index (χ1n) is 9.13. The molecule has 1 aromatic heterocycles. The van der Waals surface area contributed by atoms with Crippen LogP contribution in [0.3, 0.4) is 0 Å². The van der Waals surface area contributed by atoms with Crippen LogP contribution in [0.25, 0.3) is 22.9 Å². The molecule has 0 saturated carbocycles. The molecule has 0 fully saturated rings. The van der Waals surface area contributed by atoms with Gasteiger partial charge in [0.15, 0.2) is 0 Å². The number of alkyl halides is 3. The third-order valence-corrected chi connectivity index (χ3v) is 4.28. The van der Waals surface area contributed by atoms with Crippen LogP contribution < -0.4 is 10.6 Å². The molecule has 0 spiro atoms. The molecule has 6 nitrogen and oxygen atoms in total. The Hall–Kier alpha value is -4.14. The van der Waals surface area contributed by atoms with E-state index in [0.29, 0.717) is 23.0 Å². The summed E-state index contributed by atoms with van der Waals surface area (Å²) >= 11 is 0. The highest BCUT2D eigenvalue weighted by molar-refractivity contribution is 5.99. The van der Waals surface area contributed by atoms with E-state index in [1.807, 2.05) is 30.3 Å². The van der Waals surface area contributed by atoms with Crippen LogP contribution in [0.2, 0.25) is 0 Å². The summed E-state index contributed by atoms with van der Waals surface area (Å²) in [6, 6.07) is 19.6. The number of urea groups is 1. The Labute approximate surface area is 174 Å². The Bertz CT molecular complexity index is 1190. The normalized spacial score (nSPS) is 11.2. The van der Waals surface area contributed by atoms with Gasteiger partial charge in [-0.3, -0.25) is 0 Å². The Balaban J connectivity index is 1.41. The maximum absolute atomic E-state index is 12.8. The standard InChI is InChI=1S/C22H15F3N4O2/c23-22(24,25)16-7-4-8-18(13-16)27-21(30)26-17-11-9-15(10-12-17)20-29-28-19(31-20)14-5-2-1-3-6-14/h1-13H,(H2,26,27,30). The second-order valence-corrected chi connectivity index (χ2v) is 6.51. The number of nitrogens with zero attached hydrogens (tertiary/aromatic N) is 2. The number of carbonyl (C=O) groups is 1. The molecule has 2 N–H and O–H groups in total. The number of benzene rings is 3. The van der Waals surface area contributed by atoms with Gasteiger partial charge in [0.2, 0.25) is 11.8 Å². The molecule has 31 heavy (non-hydrogen) atoms. The SMILES string of the molecule is O=C(Nc1ccc(-c2nnc(-c3ccccc3)o2)cc1)Nc1cccc(C(F)(F)F)c1. The molecule has 0 atom stereocenters. The molecule has 4 aromatic rings. The third-order valence-electron chi connectivity index (χ3n) is 4.28. The van der Waals surface area contributed by atoms with E-state index in [2.05, 4.69) is 20.8 Å². The van der Waals surface area contributed by atoms with Crippen molar-refractivity contribution in [3.8, 4) is 22.9 Å². The van der Waals surface area contributed by atoms with Gasteiger partial charge in [-0.05, 0) is 54.6 Å². The van der Waals surface area contributed by atoms with Crippen molar-refractivity contribution in [2.45, 2.75) is 6.18 Å². The first-order valence-corrected chi connectivity index (χ1v) is 9.13. The predicted octanol–water partition coefficient (Wildman–Crippen LogP) is 6.07. The van der Waals surface area contributed by atoms with Gasteiger partial charge in [-0.15, -0.1) is 10.2 Å². The maximum atomic E-state index is 12.8. The molecule has 0 aliphatic rings. The van der Waals surface area contributed by atoms with E-state index in [9.17, 15) is 18.0 Å². The molecule has 0 saturated heterocycles. The lowest BCUT2D eigenvalue weighted by Gasteiger charge is -2.11. The zero-order chi connectivity index (χ0) is 21.8. The molecule has 0 bridgehead atoms. The summed E-state index contributed by atoms with van der Waals surface area (Å²) in [5.41, 5.74) is 1.08. The van der Waals surface area contributed by atoms with E-state index in [-0.39, 0.29) is 5.69 Å². The van der Waals surface area contributed by atoms with Crippen molar-refractivity contribution in [2.24, 2.45) is 0 Å². The summed E-state index contributed by atoms with van der Waals surface area (Å²) in [6.45, 7) is 0. The van der Waals surface area contributed by atoms with Crippen molar-refractivity contribution in [1.29, 1.82) is 0 Å². The van der Waals surface area contributed by atoms with Crippen molar-refractivity contribution < 1.29 is 22.4 Å². The van der Waals surface area contributed by atoms with E-state index in [1.54, 1.807) is 24.3 Å². The van der Waals surface area contributed by atoms with Gasteiger partial charge in [0.05, 0.1) is 5.56 Å². The second kappa shape index (κ2) is 8.31. The minimum atomic E-state index is -4.49. The highest BCUT2D eigenvalue weighted by Gasteiger charge is 2.30. The van der Waals surface area contributed by atoms with Crippen LogP contribution in [0.1, 0.15) is 5.56 Å². The van der Waals surface area contributed by atoms with Crippen LogP contribution in [-0.4, -0.2) is 16.2 Å². The van der Waals surface area contributed by atoms with Crippen molar-refractivity contribution in [2.75, 3.05) is 10.6 Å². The van der Waals surface area contributed by atoms with Crippen molar-refractivity contribution in [1.82, 2.24) is 10.2 Å². The van der Waals surface area contributed by atoms with Crippen LogP contribution in [-0.2, 0) is 6.18 Å². The largest absolute Gasteiger partial charge is 0.416 e. The van der Waals surface area contributed by atoms with Gasteiger partial charge in [0.1, 0.15) is 0 Å². The average Bonchev–Trinajstić information content (AvgIpc) is 3.25.